The lowest BCUT2D eigenvalue weighted by Crippen LogP contribution is -1.99. The number of nitrogens with zero attached hydrogens (tertiary/aromatic N) is 1. The Bertz CT molecular complexity index is 121. The second-order valence-electron chi connectivity index (χ2n) is 2.33. The van der Waals surface area contributed by atoms with E-state index in [4.69, 9.17) is 0 Å². The summed E-state index contributed by atoms with van der Waals surface area (Å²) >= 11 is 0. The summed E-state index contributed by atoms with van der Waals surface area (Å²) in [4.78, 5) is 13.4. The van der Waals surface area contributed by atoms with Gasteiger partial charge in [-0.05, 0) is 12.8 Å². The van der Waals surface area contributed by atoms with Crippen LogP contribution in [0.25, 0.3) is 0 Å². The molecule has 1 radical (unpaired) electrons. The van der Waals surface area contributed by atoms with Crippen LogP contribution in [0.2, 0.25) is 0 Å². The largest absolute Gasteiger partial charge is 0.235 e. The first-order chi connectivity index (χ1) is 4.43. The van der Waals surface area contributed by atoms with Crippen LogP contribution in [0.15, 0.2) is 4.99 Å². The number of hydrogen-bond acceptors (Lipinski definition) is 2. The van der Waals surface area contributed by atoms with Gasteiger partial charge in [0.05, 0.1) is 6.04 Å². The first-order valence-electron chi connectivity index (χ1n) is 3.36. The summed E-state index contributed by atoms with van der Waals surface area (Å²) in [6, 6.07) is 1.04. The first-order valence-corrected chi connectivity index (χ1v) is 3.36. The zero-order valence-electron chi connectivity index (χ0n) is 5.39. The quantitative estimate of drug-likeness (QED) is 0.387. The minimum atomic E-state index is 1.01. The highest BCUT2D eigenvalue weighted by molar-refractivity contribution is 5.35. The third-order valence-electron chi connectivity index (χ3n) is 1.63. The number of hydrogen-bond donors (Lipinski definition) is 0. The Morgan fingerprint density at radius 3 is 2.44 bits per heavy atom. The van der Waals surface area contributed by atoms with E-state index in [1.807, 2.05) is 0 Å². The molecular formula is C7H10NO. The molecule has 49 valence electrons. The second kappa shape index (κ2) is 3.41. The third kappa shape index (κ3) is 1.98. The molecule has 0 aliphatic heterocycles. The van der Waals surface area contributed by atoms with Crippen molar-refractivity contribution in [1.82, 2.24) is 0 Å². The zero-order valence-corrected chi connectivity index (χ0v) is 5.39. The molecule has 1 rings (SSSR count). The molecule has 1 saturated carbocycles. The highest BCUT2D eigenvalue weighted by atomic mass is 16.1. The van der Waals surface area contributed by atoms with Crippen molar-refractivity contribution >= 4 is 6.08 Å². The standard InChI is InChI=1S/C7H10NO/c9-6-8-7-4-2-1-3-5-7/h1-5H2. The van der Waals surface area contributed by atoms with Crippen LogP contribution >= 0.6 is 0 Å². The average Bonchev–Trinajstić information content (AvgIpc) is 1.91. The van der Waals surface area contributed by atoms with Gasteiger partial charge in [0.25, 0.3) is 0 Å². The normalized spacial score (nSPS) is 20.9. The summed E-state index contributed by atoms with van der Waals surface area (Å²) < 4.78 is 0. The van der Waals surface area contributed by atoms with Crippen molar-refractivity contribution in [1.29, 1.82) is 0 Å². The topological polar surface area (TPSA) is 29.4 Å². The lowest BCUT2D eigenvalue weighted by molar-refractivity contribution is 0.521. The molecule has 1 aliphatic carbocycles. The maximum absolute atomic E-state index is 9.76. The first kappa shape index (κ1) is 6.50. The molecule has 0 spiro atoms. The molecule has 9 heavy (non-hydrogen) atoms. The number of rotatable bonds is 1. The van der Waals surface area contributed by atoms with Crippen molar-refractivity contribution in [3.8, 4) is 0 Å². The van der Waals surface area contributed by atoms with E-state index in [0.717, 1.165) is 18.9 Å². The minimum Gasteiger partial charge on any atom is -0.211 e. The van der Waals surface area contributed by atoms with Crippen LogP contribution in [0.4, 0.5) is 0 Å². The predicted octanol–water partition coefficient (Wildman–Crippen LogP) is 1.82. The molecule has 0 saturated heterocycles. The molecule has 0 aromatic rings. The fraction of sp³-hybridized carbons (Fsp3) is 0.714. The van der Waals surface area contributed by atoms with E-state index in [-0.39, 0.29) is 0 Å². The summed E-state index contributed by atoms with van der Waals surface area (Å²) in [5.74, 6) is 0. The summed E-state index contributed by atoms with van der Waals surface area (Å²) in [5.41, 5.74) is 0. The van der Waals surface area contributed by atoms with Crippen molar-refractivity contribution in [3.63, 3.8) is 0 Å². The fourth-order valence-electron chi connectivity index (χ4n) is 1.14. The second-order valence-corrected chi connectivity index (χ2v) is 2.33. The van der Waals surface area contributed by atoms with Crippen molar-refractivity contribution in [3.05, 3.63) is 6.04 Å². The highest BCUT2D eigenvalue weighted by Crippen LogP contribution is 2.25. The van der Waals surface area contributed by atoms with Gasteiger partial charge in [0, 0.05) is 0 Å². The van der Waals surface area contributed by atoms with Crippen LogP contribution in [0, 0.1) is 6.04 Å². The molecule has 2 heteroatoms. The SMILES string of the molecule is O=C=N[C]1CCCCC1. The summed E-state index contributed by atoms with van der Waals surface area (Å²) in [7, 11) is 0. The molecule has 0 atom stereocenters. The van der Waals surface area contributed by atoms with Crippen molar-refractivity contribution in [2.75, 3.05) is 0 Å². The van der Waals surface area contributed by atoms with E-state index in [0.29, 0.717) is 0 Å². The van der Waals surface area contributed by atoms with Gasteiger partial charge in [-0.2, -0.15) is 4.99 Å². The molecule has 0 aromatic heterocycles. The van der Waals surface area contributed by atoms with E-state index < -0.39 is 0 Å². The van der Waals surface area contributed by atoms with Crippen LogP contribution in [0.5, 0.6) is 0 Å². The molecule has 0 unspecified atom stereocenters. The van der Waals surface area contributed by atoms with Crippen LogP contribution < -0.4 is 0 Å². The maximum atomic E-state index is 9.76. The van der Waals surface area contributed by atoms with Gasteiger partial charge in [-0.25, -0.2) is 4.79 Å². The van der Waals surface area contributed by atoms with Gasteiger partial charge in [0.2, 0.25) is 6.08 Å². The van der Waals surface area contributed by atoms with Crippen molar-refractivity contribution in [2.24, 2.45) is 4.99 Å². The van der Waals surface area contributed by atoms with Crippen molar-refractivity contribution in [2.45, 2.75) is 32.1 Å². The van der Waals surface area contributed by atoms with Crippen LogP contribution in [-0.2, 0) is 4.79 Å². The van der Waals surface area contributed by atoms with Gasteiger partial charge in [-0.1, -0.05) is 19.3 Å². The van der Waals surface area contributed by atoms with Crippen molar-refractivity contribution < 1.29 is 4.79 Å². The summed E-state index contributed by atoms with van der Waals surface area (Å²) in [5, 5.41) is 0. The zero-order chi connectivity index (χ0) is 6.53. The Morgan fingerprint density at radius 1 is 1.22 bits per heavy atom. The van der Waals surface area contributed by atoms with E-state index >= 15 is 0 Å². The molecule has 1 fully saturated rings. The molecule has 1 aliphatic rings. The molecular weight excluding hydrogens is 114 g/mol. The van der Waals surface area contributed by atoms with Crippen LogP contribution in [0.3, 0.4) is 0 Å². The van der Waals surface area contributed by atoms with E-state index in [1.54, 1.807) is 6.08 Å². The lowest BCUT2D eigenvalue weighted by Gasteiger charge is -2.13. The van der Waals surface area contributed by atoms with Gasteiger partial charge in [-0.3, -0.25) is 0 Å². The maximum Gasteiger partial charge on any atom is 0.235 e. The third-order valence-corrected chi connectivity index (χ3v) is 1.63. The Morgan fingerprint density at radius 2 is 1.89 bits per heavy atom. The molecule has 0 heterocycles. The van der Waals surface area contributed by atoms with E-state index in [1.165, 1.54) is 19.3 Å². The van der Waals surface area contributed by atoms with Crippen LogP contribution in [0.1, 0.15) is 32.1 Å². The van der Waals surface area contributed by atoms with E-state index in [9.17, 15) is 4.79 Å². The molecule has 0 bridgehead atoms. The number of carbonyl (C=O) groups excluding carboxylic acids is 1. The summed E-state index contributed by atoms with van der Waals surface area (Å²) in [6.45, 7) is 0. The highest BCUT2D eigenvalue weighted by Gasteiger charge is 2.11. The number of aliphatic imine (C=N–C) groups is 1. The van der Waals surface area contributed by atoms with Gasteiger partial charge in [0.15, 0.2) is 0 Å². The van der Waals surface area contributed by atoms with Gasteiger partial charge >= 0.3 is 0 Å². The Kier molecular flexibility index (Phi) is 2.47. The Balaban J connectivity index is 2.31. The summed E-state index contributed by atoms with van der Waals surface area (Å²) in [6.07, 6.45) is 7.27. The van der Waals surface area contributed by atoms with Gasteiger partial charge in [-0.15, -0.1) is 0 Å². The van der Waals surface area contributed by atoms with Crippen LogP contribution in [-0.4, -0.2) is 6.08 Å². The monoisotopic (exact) mass is 124 g/mol. The smallest absolute Gasteiger partial charge is 0.211 e. The molecule has 0 N–H and O–H groups in total. The van der Waals surface area contributed by atoms with Gasteiger partial charge in [0.1, 0.15) is 0 Å². The van der Waals surface area contributed by atoms with E-state index in [2.05, 4.69) is 4.99 Å². The molecule has 0 aromatic carbocycles. The average molecular weight is 124 g/mol. The number of isocyanates is 1. The van der Waals surface area contributed by atoms with Gasteiger partial charge < -0.3 is 0 Å². The predicted molar refractivity (Wildman–Crippen MR) is 34.4 cm³/mol. The Hall–Kier alpha value is -0.620. The Labute approximate surface area is 55.0 Å². The fourth-order valence-corrected chi connectivity index (χ4v) is 1.14. The molecule has 2 nitrogen and oxygen atoms in total. The minimum absolute atomic E-state index is 1.01. The lowest BCUT2D eigenvalue weighted by atomic mass is 9.96. The molecule has 0 amide bonds.